The molecule has 0 aromatic carbocycles. The second kappa shape index (κ2) is 8.96. The maximum atomic E-state index is 10.2. The van der Waals surface area contributed by atoms with Crippen molar-refractivity contribution >= 4 is 0 Å². The van der Waals surface area contributed by atoms with Crippen LogP contribution in [0.2, 0.25) is 0 Å². The number of aliphatic hydroxyl groups excluding tert-OH is 2. The minimum atomic E-state index is -0.132. The van der Waals surface area contributed by atoms with Crippen molar-refractivity contribution in [3.63, 3.8) is 0 Å². The van der Waals surface area contributed by atoms with Crippen LogP contribution in [0.3, 0.4) is 0 Å². The lowest BCUT2D eigenvalue weighted by Gasteiger charge is -2.61. The normalized spacial score (nSPS) is 48.5. The summed E-state index contributed by atoms with van der Waals surface area (Å²) in [6.45, 7) is 11.2. The number of fused-ring (bicyclic) bond motifs is 5. The minimum absolute atomic E-state index is 0.0248. The molecular formula is C26H48O2. The van der Waals surface area contributed by atoms with Crippen LogP contribution >= 0.6 is 0 Å². The van der Waals surface area contributed by atoms with Gasteiger partial charge in [-0.15, -0.1) is 0 Å². The highest BCUT2D eigenvalue weighted by atomic mass is 16.3. The van der Waals surface area contributed by atoms with E-state index in [0.717, 1.165) is 48.9 Å². The molecule has 164 valence electrons. The van der Waals surface area contributed by atoms with Gasteiger partial charge in [0.05, 0.1) is 12.2 Å². The predicted octanol–water partition coefficient (Wildman–Crippen LogP) is 6.58. The maximum absolute atomic E-state index is 10.2. The molecule has 9 atom stereocenters. The fourth-order valence-corrected chi connectivity index (χ4v) is 8.48. The zero-order valence-corrected chi connectivity index (χ0v) is 19.4. The fourth-order valence-electron chi connectivity index (χ4n) is 8.48. The summed E-state index contributed by atoms with van der Waals surface area (Å²) in [5.74, 6) is 4.49. The van der Waals surface area contributed by atoms with Crippen LogP contribution in [0.1, 0.15) is 112 Å². The Morgan fingerprint density at radius 1 is 0.893 bits per heavy atom. The minimum Gasteiger partial charge on any atom is -0.393 e. The molecule has 4 aliphatic carbocycles. The van der Waals surface area contributed by atoms with Crippen LogP contribution in [0.15, 0.2) is 0 Å². The van der Waals surface area contributed by atoms with Gasteiger partial charge in [0.1, 0.15) is 0 Å². The first-order valence-electron chi connectivity index (χ1n) is 12.7. The van der Waals surface area contributed by atoms with Gasteiger partial charge in [0.2, 0.25) is 0 Å². The molecule has 2 heteroatoms. The molecule has 28 heavy (non-hydrogen) atoms. The van der Waals surface area contributed by atoms with Gasteiger partial charge in [-0.1, -0.05) is 34.1 Å². The summed E-state index contributed by atoms with van der Waals surface area (Å²) in [5, 5.41) is 19.8. The van der Waals surface area contributed by atoms with Gasteiger partial charge >= 0.3 is 0 Å². The number of hydrogen-bond donors (Lipinski definition) is 2. The van der Waals surface area contributed by atoms with Gasteiger partial charge in [-0.05, 0) is 118 Å². The third-order valence-corrected chi connectivity index (χ3v) is 10.0. The quantitative estimate of drug-likeness (QED) is 0.567. The van der Waals surface area contributed by atoms with Crippen molar-refractivity contribution in [3.8, 4) is 0 Å². The van der Waals surface area contributed by atoms with Crippen molar-refractivity contribution in [2.45, 2.75) is 124 Å². The highest BCUT2D eigenvalue weighted by Gasteiger charge is 2.59. The second-order valence-corrected chi connectivity index (χ2v) is 11.2. The summed E-state index contributed by atoms with van der Waals surface area (Å²) in [6.07, 6.45) is 15.3. The molecule has 6 unspecified atom stereocenters. The van der Waals surface area contributed by atoms with E-state index in [-0.39, 0.29) is 12.2 Å². The SMILES string of the molecule is CC.CC(O)CCC[C@H]1CCC2C3CCC4C[C@@H](O)CC[C@]4(C)C3CCC21C. The molecule has 4 aliphatic rings. The first kappa shape index (κ1) is 22.6. The molecule has 4 rings (SSSR count). The van der Waals surface area contributed by atoms with Crippen molar-refractivity contribution in [2.75, 3.05) is 0 Å². The monoisotopic (exact) mass is 392 g/mol. The van der Waals surface area contributed by atoms with E-state index in [0.29, 0.717) is 10.8 Å². The summed E-state index contributed by atoms with van der Waals surface area (Å²) in [7, 11) is 0. The number of hydrogen-bond acceptors (Lipinski definition) is 2. The molecule has 0 aliphatic heterocycles. The molecule has 0 amide bonds. The standard InChI is InChI=1S/C24H42O2.C2H6/c1-16(25)5-4-6-17-8-10-21-20-9-7-18-15-19(26)11-13-24(18,3)22(20)12-14-23(17,21)2;1-2/h16-22,25-26H,4-15H2,1-3H3;1-2H3/t16?,17-,18?,19-,20?,21?,22?,23?,24-;/m0./s1. The van der Waals surface area contributed by atoms with E-state index in [1.54, 1.807) is 0 Å². The Balaban J connectivity index is 0.00000109. The van der Waals surface area contributed by atoms with Gasteiger partial charge in [0, 0.05) is 0 Å². The number of aliphatic hydroxyl groups is 2. The molecule has 0 bridgehead atoms. The molecule has 0 heterocycles. The van der Waals surface area contributed by atoms with Crippen LogP contribution in [-0.4, -0.2) is 22.4 Å². The Morgan fingerprint density at radius 3 is 2.29 bits per heavy atom. The van der Waals surface area contributed by atoms with E-state index in [2.05, 4.69) is 13.8 Å². The Labute approximate surface area is 174 Å². The third kappa shape index (κ3) is 3.94. The average molecular weight is 393 g/mol. The van der Waals surface area contributed by atoms with Gasteiger partial charge in [-0.2, -0.15) is 0 Å². The largest absolute Gasteiger partial charge is 0.393 e. The maximum Gasteiger partial charge on any atom is 0.0543 e. The van der Waals surface area contributed by atoms with Crippen LogP contribution in [0, 0.1) is 40.4 Å². The molecule has 0 spiro atoms. The van der Waals surface area contributed by atoms with Crippen molar-refractivity contribution in [1.29, 1.82) is 0 Å². The molecule has 2 N–H and O–H groups in total. The van der Waals surface area contributed by atoms with Crippen molar-refractivity contribution < 1.29 is 10.2 Å². The van der Waals surface area contributed by atoms with Gasteiger partial charge in [0.15, 0.2) is 0 Å². The van der Waals surface area contributed by atoms with E-state index in [1.165, 1.54) is 57.8 Å². The van der Waals surface area contributed by atoms with E-state index in [9.17, 15) is 10.2 Å². The first-order chi connectivity index (χ1) is 13.3. The zero-order chi connectivity index (χ0) is 20.5. The fraction of sp³-hybridized carbons (Fsp3) is 1.00. The molecule has 0 saturated heterocycles. The molecule has 2 nitrogen and oxygen atoms in total. The lowest BCUT2D eigenvalue weighted by atomic mass is 9.44. The molecule has 4 fully saturated rings. The predicted molar refractivity (Wildman–Crippen MR) is 118 cm³/mol. The van der Waals surface area contributed by atoms with Crippen LogP contribution < -0.4 is 0 Å². The highest BCUT2D eigenvalue weighted by Crippen LogP contribution is 2.67. The van der Waals surface area contributed by atoms with E-state index < -0.39 is 0 Å². The van der Waals surface area contributed by atoms with E-state index >= 15 is 0 Å². The first-order valence-corrected chi connectivity index (χ1v) is 12.7. The summed E-state index contributed by atoms with van der Waals surface area (Å²) >= 11 is 0. The van der Waals surface area contributed by atoms with Gasteiger partial charge in [0.25, 0.3) is 0 Å². The molecule has 0 radical (unpaired) electrons. The Morgan fingerprint density at radius 2 is 1.57 bits per heavy atom. The van der Waals surface area contributed by atoms with Crippen molar-refractivity contribution in [1.82, 2.24) is 0 Å². The van der Waals surface area contributed by atoms with Gasteiger partial charge in [-0.3, -0.25) is 0 Å². The van der Waals surface area contributed by atoms with Crippen LogP contribution in [-0.2, 0) is 0 Å². The van der Waals surface area contributed by atoms with Gasteiger partial charge in [-0.25, -0.2) is 0 Å². The van der Waals surface area contributed by atoms with Crippen LogP contribution in [0.5, 0.6) is 0 Å². The van der Waals surface area contributed by atoms with Crippen LogP contribution in [0.25, 0.3) is 0 Å². The molecule has 0 aromatic heterocycles. The van der Waals surface area contributed by atoms with E-state index in [4.69, 9.17) is 0 Å². The summed E-state index contributed by atoms with van der Waals surface area (Å²) in [4.78, 5) is 0. The van der Waals surface area contributed by atoms with E-state index in [1.807, 2.05) is 20.8 Å². The topological polar surface area (TPSA) is 40.5 Å². The number of rotatable bonds is 4. The Hall–Kier alpha value is -0.0800. The third-order valence-electron chi connectivity index (χ3n) is 10.0. The Bertz CT molecular complexity index is 503. The molecular weight excluding hydrogens is 344 g/mol. The average Bonchev–Trinajstić information content (AvgIpc) is 3.00. The summed E-state index contributed by atoms with van der Waals surface area (Å²) in [6, 6.07) is 0. The molecule has 4 saturated carbocycles. The zero-order valence-electron chi connectivity index (χ0n) is 19.4. The lowest BCUT2D eigenvalue weighted by Crippen LogP contribution is -2.53. The second-order valence-electron chi connectivity index (χ2n) is 11.2. The molecule has 0 aromatic rings. The highest BCUT2D eigenvalue weighted by molar-refractivity contribution is 5.09. The van der Waals surface area contributed by atoms with Gasteiger partial charge < -0.3 is 10.2 Å². The summed E-state index contributed by atoms with van der Waals surface area (Å²) in [5.41, 5.74) is 1.07. The van der Waals surface area contributed by atoms with Crippen molar-refractivity contribution in [2.24, 2.45) is 40.4 Å². The summed E-state index contributed by atoms with van der Waals surface area (Å²) < 4.78 is 0. The Kier molecular flexibility index (Phi) is 7.24. The van der Waals surface area contributed by atoms with Crippen LogP contribution in [0.4, 0.5) is 0 Å². The van der Waals surface area contributed by atoms with Crippen molar-refractivity contribution in [3.05, 3.63) is 0 Å². The lowest BCUT2D eigenvalue weighted by molar-refractivity contribution is -0.127. The smallest absolute Gasteiger partial charge is 0.0543 e.